The number of pyridine rings is 1. The molecule has 0 N–H and O–H groups in total. The van der Waals surface area contributed by atoms with Crippen LogP contribution in [-0.4, -0.2) is 4.98 Å². The van der Waals surface area contributed by atoms with E-state index < -0.39 is 7.26 Å². The van der Waals surface area contributed by atoms with Crippen molar-refractivity contribution in [1.82, 2.24) is 4.98 Å². The maximum Gasteiger partial charge on any atom is 0.214 e. The van der Waals surface area contributed by atoms with E-state index in [1.165, 1.54) is 15.9 Å². The van der Waals surface area contributed by atoms with E-state index in [2.05, 4.69) is 91.0 Å². The van der Waals surface area contributed by atoms with Crippen LogP contribution in [0.2, 0.25) is 10.2 Å². The Kier molecular flexibility index (Phi) is 7.02. The molecule has 2 aromatic heterocycles. The van der Waals surface area contributed by atoms with Gasteiger partial charge < -0.3 is 21.4 Å². The number of halogens is 3. The van der Waals surface area contributed by atoms with Crippen molar-refractivity contribution in [2.75, 3.05) is 0 Å². The maximum absolute atomic E-state index is 6.36. The third-order valence-electron chi connectivity index (χ3n) is 5.49. The Hall–Kier alpha value is -2.16. The molecule has 0 aliphatic heterocycles. The Labute approximate surface area is 208 Å². The molecule has 0 fully saturated rings. The van der Waals surface area contributed by atoms with Crippen LogP contribution in [0, 0.1) is 0 Å². The van der Waals surface area contributed by atoms with Crippen molar-refractivity contribution in [3.63, 3.8) is 0 Å². The van der Waals surface area contributed by atoms with E-state index in [1.54, 1.807) is 0 Å². The highest BCUT2D eigenvalue weighted by atomic mass is 79.9. The molecule has 0 amide bonds. The van der Waals surface area contributed by atoms with E-state index >= 15 is 0 Å². The molecule has 0 spiro atoms. The van der Waals surface area contributed by atoms with Crippen LogP contribution in [0.15, 0.2) is 108 Å². The molecule has 2 nitrogen and oxygen atoms in total. The van der Waals surface area contributed by atoms with Crippen LogP contribution < -0.4 is 32.9 Å². The molecule has 5 rings (SSSR count). The molecule has 6 heteroatoms. The quantitative estimate of drug-likeness (QED) is 0.317. The van der Waals surface area contributed by atoms with Gasteiger partial charge in [-0.1, -0.05) is 66.2 Å². The van der Waals surface area contributed by atoms with Gasteiger partial charge in [0.25, 0.3) is 0 Å². The maximum atomic E-state index is 6.36. The van der Waals surface area contributed by atoms with Crippen molar-refractivity contribution >= 4 is 57.5 Å². The smallest absolute Gasteiger partial charge is 0.214 e. The van der Waals surface area contributed by atoms with Crippen LogP contribution in [0.5, 0.6) is 0 Å². The first-order valence-corrected chi connectivity index (χ1v) is 12.7. The fraction of sp³-hybridized carbons (Fsp3) is 0.0385. The predicted molar refractivity (Wildman–Crippen MR) is 133 cm³/mol. The number of hydrogen-bond acceptors (Lipinski definition) is 2. The lowest BCUT2D eigenvalue weighted by Gasteiger charge is -2.27. The van der Waals surface area contributed by atoms with Gasteiger partial charge in [0.1, 0.15) is 39.9 Å². The van der Waals surface area contributed by atoms with Crippen LogP contribution in [0.3, 0.4) is 0 Å². The minimum Gasteiger partial charge on any atom is -1.00 e. The molecule has 3 aromatic carbocycles. The van der Waals surface area contributed by atoms with Gasteiger partial charge >= 0.3 is 0 Å². The number of benzene rings is 3. The van der Waals surface area contributed by atoms with Crippen molar-refractivity contribution in [1.29, 1.82) is 0 Å². The second-order valence-corrected chi connectivity index (χ2v) is 11.5. The molecule has 2 heterocycles. The van der Waals surface area contributed by atoms with Crippen molar-refractivity contribution in [2.24, 2.45) is 0 Å². The van der Waals surface area contributed by atoms with E-state index in [4.69, 9.17) is 32.6 Å². The van der Waals surface area contributed by atoms with E-state index in [1.807, 2.05) is 12.1 Å². The molecule has 0 atom stereocenters. The zero-order valence-corrected chi connectivity index (χ0v) is 21.0. The van der Waals surface area contributed by atoms with Crippen LogP contribution in [-0.2, 0) is 6.16 Å². The lowest BCUT2D eigenvalue weighted by molar-refractivity contribution is -0.00000637. The molecule has 0 aliphatic rings. The summed E-state index contributed by atoms with van der Waals surface area (Å²) < 4.78 is 5.52. The lowest BCUT2D eigenvalue weighted by atomic mass is 10.3. The largest absolute Gasteiger partial charge is 1.00 e. The number of rotatable bonds is 5. The molecule has 0 bridgehead atoms. The van der Waals surface area contributed by atoms with E-state index in [0.717, 1.165) is 11.9 Å². The second-order valence-electron chi connectivity index (χ2n) is 7.31. The number of aromatic nitrogens is 1. The van der Waals surface area contributed by atoms with Gasteiger partial charge in [-0.05, 0) is 60.1 Å². The summed E-state index contributed by atoms with van der Waals surface area (Å²) in [5.74, 6) is 0. The first kappa shape index (κ1) is 23.0. The summed E-state index contributed by atoms with van der Waals surface area (Å²) in [4.78, 5) is 4.87. The summed E-state index contributed by atoms with van der Waals surface area (Å²) in [6, 6.07) is 36.2. The Balaban J connectivity index is 0.00000245. The highest BCUT2D eigenvalue weighted by molar-refractivity contribution is 7.95. The van der Waals surface area contributed by atoms with Crippen LogP contribution in [0.1, 0.15) is 5.69 Å². The molecule has 0 aliphatic carbocycles. The normalized spacial score (nSPS) is 11.3. The molecule has 160 valence electrons. The second kappa shape index (κ2) is 9.77. The SMILES string of the molecule is Clc1oc2ccc(C[P+](c3ccccc3)(c3ccccc3)c3ccccc3)nc2c1Cl.[Br-]. The number of fused-ring (bicyclic) bond motifs is 1. The average Bonchev–Trinajstić information content (AvgIpc) is 3.12. The molecular formula is C26H19BrCl2NOP. The van der Waals surface area contributed by atoms with Gasteiger partial charge in [-0.15, -0.1) is 0 Å². The standard InChI is InChI=1S/C26H19Cl2NOP.BrH/c27-24-25-23(30-26(24)28)17-16-19(29-25)18-31(20-10-4-1-5-11-20,21-12-6-2-7-13-21)22-14-8-3-9-15-22;/h1-17H,18H2;1H/q+1;/p-1. The molecular weight excluding hydrogens is 524 g/mol. The highest BCUT2D eigenvalue weighted by Gasteiger charge is 2.45. The van der Waals surface area contributed by atoms with Crippen LogP contribution in [0.25, 0.3) is 11.1 Å². The summed E-state index contributed by atoms with van der Waals surface area (Å²) in [5, 5.41) is 4.47. The molecule has 0 radical (unpaired) electrons. The monoisotopic (exact) mass is 541 g/mol. The number of hydrogen-bond donors (Lipinski definition) is 0. The van der Waals surface area contributed by atoms with Gasteiger partial charge in [0, 0.05) is 0 Å². The van der Waals surface area contributed by atoms with Crippen molar-refractivity contribution in [2.45, 2.75) is 6.16 Å². The third kappa shape index (κ3) is 4.11. The number of nitrogens with zero attached hydrogens (tertiary/aromatic N) is 1. The summed E-state index contributed by atoms with van der Waals surface area (Å²) in [7, 11) is -2.03. The summed E-state index contributed by atoms with van der Waals surface area (Å²) in [6.07, 6.45) is 0.764. The van der Waals surface area contributed by atoms with Gasteiger partial charge in [0.2, 0.25) is 5.22 Å². The van der Waals surface area contributed by atoms with Gasteiger partial charge in [-0.25, -0.2) is 4.98 Å². The average molecular weight is 543 g/mol. The van der Waals surface area contributed by atoms with Gasteiger partial charge in [-0.3, -0.25) is 0 Å². The van der Waals surface area contributed by atoms with Gasteiger partial charge in [0.15, 0.2) is 5.58 Å². The Morgan fingerprint density at radius 3 is 1.59 bits per heavy atom. The van der Waals surface area contributed by atoms with Gasteiger partial charge in [0.05, 0.1) is 5.69 Å². The molecule has 0 saturated heterocycles. The Morgan fingerprint density at radius 1 is 0.656 bits per heavy atom. The molecule has 5 aromatic rings. The topological polar surface area (TPSA) is 26.0 Å². The van der Waals surface area contributed by atoms with E-state index in [0.29, 0.717) is 16.1 Å². The van der Waals surface area contributed by atoms with Crippen molar-refractivity contribution < 1.29 is 21.4 Å². The Bertz CT molecular complexity index is 1230. The zero-order chi connectivity index (χ0) is 21.3. The Morgan fingerprint density at radius 2 is 1.12 bits per heavy atom. The fourth-order valence-electron chi connectivity index (χ4n) is 4.06. The lowest BCUT2D eigenvalue weighted by Crippen LogP contribution is -3.00. The first-order chi connectivity index (χ1) is 15.2. The number of furan rings is 1. The minimum absolute atomic E-state index is 0. The zero-order valence-electron chi connectivity index (χ0n) is 17.0. The predicted octanol–water partition coefficient (Wildman–Crippen LogP) is 3.63. The molecule has 32 heavy (non-hydrogen) atoms. The minimum atomic E-state index is -2.03. The van der Waals surface area contributed by atoms with Crippen molar-refractivity contribution in [3.8, 4) is 0 Å². The highest BCUT2D eigenvalue weighted by Crippen LogP contribution is 2.58. The van der Waals surface area contributed by atoms with E-state index in [-0.39, 0.29) is 22.2 Å². The summed E-state index contributed by atoms with van der Waals surface area (Å²) in [6.45, 7) is 0. The third-order valence-corrected chi connectivity index (χ3v) is 10.5. The summed E-state index contributed by atoms with van der Waals surface area (Å²) in [5.41, 5.74) is 2.16. The van der Waals surface area contributed by atoms with Crippen molar-refractivity contribution in [3.05, 3.63) is 119 Å². The molecule has 0 saturated carbocycles. The summed E-state index contributed by atoms with van der Waals surface area (Å²) >= 11 is 12.5. The fourth-order valence-corrected chi connectivity index (χ4v) is 8.55. The molecule has 0 unspecified atom stereocenters. The van der Waals surface area contributed by atoms with Crippen LogP contribution in [0.4, 0.5) is 0 Å². The van der Waals surface area contributed by atoms with E-state index in [9.17, 15) is 0 Å². The van der Waals surface area contributed by atoms with Gasteiger partial charge in [-0.2, -0.15) is 0 Å². The first-order valence-electron chi connectivity index (χ1n) is 9.97. The van der Waals surface area contributed by atoms with Crippen LogP contribution >= 0.6 is 30.5 Å².